The van der Waals surface area contributed by atoms with E-state index in [0.717, 1.165) is 21.8 Å². The molecule has 7 heteroatoms. The number of fused-ring (bicyclic) bond motifs is 2. The maximum atomic E-state index is 14.5. The molecule has 2 heterocycles. The van der Waals surface area contributed by atoms with Crippen LogP contribution in [-0.2, 0) is 12.1 Å². The van der Waals surface area contributed by atoms with Crippen LogP contribution >= 0.6 is 0 Å². The quantitative estimate of drug-likeness (QED) is 0.419. The molecule has 0 aliphatic carbocycles. The Morgan fingerprint density at radius 1 is 0.969 bits per heavy atom. The van der Waals surface area contributed by atoms with Crippen molar-refractivity contribution in [3.8, 4) is 5.69 Å². The van der Waals surface area contributed by atoms with Gasteiger partial charge in [0.15, 0.2) is 0 Å². The Bertz CT molecular complexity index is 1410. The first kappa shape index (κ1) is 20.4. The number of aliphatic hydroxyl groups is 2. The number of aromatic nitrogens is 3. The molecule has 5 aromatic rings. The SMILES string of the molecule is OCCn1ccc2c(C(O)(CF)c3ccc4c(cnn4-c4ccc(F)cc4)c3)cccc21. The smallest absolute Gasteiger partial charge is 0.143 e. The fourth-order valence-corrected chi connectivity index (χ4v) is 4.27. The fraction of sp³-hybridized carbons (Fsp3) is 0.160. The molecule has 0 radical (unpaired) electrons. The monoisotopic (exact) mass is 433 g/mol. The molecule has 1 unspecified atom stereocenters. The molecule has 2 aromatic heterocycles. The summed E-state index contributed by atoms with van der Waals surface area (Å²) in [4.78, 5) is 0. The van der Waals surface area contributed by atoms with Gasteiger partial charge in [0.2, 0.25) is 0 Å². The molecule has 0 saturated carbocycles. The first-order valence-corrected chi connectivity index (χ1v) is 10.3. The molecule has 5 rings (SSSR count). The van der Waals surface area contributed by atoms with Gasteiger partial charge in [0.05, 0.1) is 24.0 Å². The molecule has 3 aromatic carbocycles. The lowest BCUT2D eigenvalue weighted by atomic mass is 9.85. The van der Waals surface area contributed by atoms with Crippen LogP contribution in [0.1, 0.15) is 11.1 Å². The molecule has 0 amide bonds. The Morgan fingerprint density at radius 2 is 1.78 bits per heavy atom. The predicted octanol–water partition coefficient (Wildman–Crippen LogP) is 4.32. The number of benzene rings is 3. The van der Waals surface area contributed by atoms with Crippen molar-refractivity contribution in [3.63, 3.8) is 0 Å². The van der Waals surface area contributed by atoms with Crippen LogP contribution in [0.5, 0.6) is 0 Å². The topological polar surface area (TPSA) is 63.2 Å². The number of hydrogen-bond acceptors (Lipinski definition) is 3. The number of alkyl halides is 1. The lowest BCUT2D eigenvalue weighted by molar-refractivity contribution is 0.0534. The number of rotatable bonds is 6. The second-order valence-corrected chi connectivity index (χ2v) is 7.77. The molecule has 0 aliphatic heterocycles. The van der Waals surface area contributed by atoms with E-state index in [4.69, 9.17) is 0 Å². The number of hydrogen-bond donors (Lipinski definition) is 2. The first-order chi connectivity index (χ1) is 15.5. The number of halogens is 2. The molecule has 0 spiro atoms. The van der Waals surface area contributed by atoms with E-state index in [2.05, 4.69) is 5.10 Å². The second kappa shape index (κ2) is 7.85. The lowest BCUT2D eigenvalue weighted by Crippen LogP contribution is -2.30. The summed E-state index contributed by atoms with van der Waals surface area (Å²) in [5, 5.41) is 26.6. The zero-order valence-corrected chi connectivity index (χ0v) is 17.1. The van der Waals surface area contributed by atoms with Crippen molar-refractivity contribution in [3.05, 3.63) is 96.1 Å². The van der Waals surface area contributed by atoms with Crippen molar-refractivity contribution in [1.29, 1.82) is 0 Å². The highest BCUT2D eigenvalue weighted by atomic mass is 19.1. The Balaban J connectivity index is 1.62. The standard InChI is InChI=1S/C25H21F2N3O2/c26-16-25(32,22-2-1-3-24-21(22)10-11-29(24)12-13-31)18-4-9-23-17(14-18)15-28-30(23)20-7-5-19(27)6-8-20/h1-11,14-15,31-32H,12-13,16H2. The van der Waals surface area contributed by atoms with E-state index < -0.39 is 12.3 Å². The summed E-state index contributed by atoms with van der Waals surface area (Å²) in [7, 11) is 0. The minimum atomic E-state index is -1.85. The van der Waals surface area contributed by atoms with Crippen molar-refractivity contribution in [2.45, 2.75) is 12.1 Å². The summed E-state index contributed by atoms with van der Waals surface area (Å²) in [5.41, 5.74) is 1.29. The normalized spacial score (nSPS) is 13.6. The van der Waals surface area contributed by atoms with Gasteiger partial charge >= 0.3 is 0 Å². The van der Waals surface area contributed by atoms with Crippen LogP contribution in [0.3, 0.4) is 0 Å². The van der Waals surface area contributed by atoms with Gasteiger partial charge in [-0.15, -0.1) is 0 Å². The van der Waals surface area contributed by atoms with E-state index in [-0.39, 0.29) is 12.4 Å². The molecule has 1 atom stereocenters. The second-order valence-electron chi connectivity index (χ2n) is 7.77. The Morgan fingerprint density at radius 3 is 2.53 bits per heavy atom. The highest BCUT2D eigenvalue weighted by molar-refractivity contribution is 5.86. The number of aliphatic hydroxyl groups excluding tert-OH is 1. The minimum absolute atomic E-state index is 0.0178. The highest BCUT2D eigenvalue weighted by Crippen LogP contribution is 2.37. The molecule has 32 heavy (non-hydrogen) atoms. The third-order valence-corrected chi connectivity index (χ3v) is 5.91. The molecule has 162 valence electrons. The summed E-state index contributed by atoms with van der Waals surface area (Å²) < 4.78 is 31.3. The van der Waals surface area contributed by atoms with Crippen molar-refractivity contribution < 1.29 is 19.0 Å². The van der Waals surface area contributed by atoms with Crippen molar-refractivity contribution in [2.24, 2.45) is 0 Å². The third kappa shape index (κ3) is 3.18. The van der Waals surface area contributed by atoms with Gasteiger partial charge in [-0.1, -0.05) is 18.2 Å². The Kier molecular flexibility index (Phi) is 5.00. The van der Waals surface area contributed by atoms with Gasteiger partial charge in [-0.2, -0.15) is 5.10 Å². The summed E-state index contributed by atoms with van der Waals surface area (Å²) in [5.74, 6) is -0.331. The molecule has 2 N–H and O–H groups in total. The van der Waals surface area contributed by atoms with Crippen molar-refractivity contribution in [1.82, 2.24) is 14.3 Å². The molecular weight excluding hydrogens is 412 g/mol. The van der Waals surface area contributed by atoms with Crippen LogP contribution in [0.15, 0.2) is 79.1 Å². The van der Waals surface area contributed by atoms with Crippen molar-refractivity contribution in [2.75, 3.05) is 13.3 Å². The zero-order valence-electron chi connectivity index (χ0n) is 17.1. The molecule has 0 fully saturated rings. The van der Waals surface area contributed by atoms with Gasteiger partial charge in [-0.3, -0.25) is 0 Å². The molecule has 0 saturated heterocycles. The average molecular weight is 433 g/mol. The minimum Gasteiger partial charge on any atom is -0.395 e. The van der Waals surface area contributed by atoms with Gasteiger partial charge in [0.1, 0.15) is 18.1 Å². The molecule has 0 aliphatic rings. The molecule has 0 bridgehead atoms. The van der Waals surface area contributed by atoms with Gasteiger partial charge in [-0.25, -0.2) is 13.5 Å². The van der Waals surface area contributed by atoms with Gasteiger partial charge < -0.3 is 14.8 Å². The summed E-state index contributed by atoms with van der Waals surface area (Å²) >= 11 is 0. The zero-order chi connectivity index (χ0) is 22.3. The maximum Gasteiger partial charge on any atom is 0.143 e. The van der Waals surface area contributed by atoms with Crippen LogP contribution in [0.4, 0.5) is 8.78 Å². The Labute approximate surface area is 182 Å². The van der Waals surface area contributed by atoms with Crippen molar-refractivity contribution >= 4 is 21.8 Å². The van der Waals surface area contributed by atoms with E-state index in [0.29, 0.717) is 23.4 Å². The summed E-state index contributed by atoms with van der Waals surface area (Å²) in [6, 6.07) is 18.4. The highest BCUT2D eigenvalue weighted by Gasteiger charge is 2.34. The van der Waals surface area contributed by atoms with Crippen LogP contribution in [0.25, 0.3) is 27.5 Å². The van der Waals surface area contributed by atoms with E-state index in [1.165, 1.54) is 12.1 Å². The summed E-state index contributed by atoms with van der Waals surface area (Å²) in [6.45, 7) is -0.611. The average Bonchev–Trinajstić information content (AvgIpc) is 3.43. The van der Waals surface area contributed by atoms with E-state index in [9.17, 15) is 19.0 Å². The fourth-order valence-electron chi connectivity index (χ4n) is 4.27. The van der Waals surface area contributed by atoms with Crippen LogP contribution in [-0.4, -0.2) is 37.8 Å². The summed E-state index contributed by atoms with van der Waals surface area (Å²) in [6.07, 6.45) is 3.46. The largest absolute Gasteiger partial charge is 0.395 e. The third-order valence-electron chi connectivity index (χ3n) is 5.91. The van der Waals surface area contributed by atoms with Gasteiger partial charge in [0, 0.05) is 34.6 Å². The van der Waals surface area contributed by atoms with E-state index in [1.54, 1.807) is 53.3 Å². The Hall–Kier alpha value is -3.55. The van der Waals surface area contributed by atoms with Crippen LogP contribution in [0.2, 0.25) is 0 Å². The lowest BCUT2D eigenvalue weighted by Gasteiger charge is -2.27. The van der Waals surface area contributed by atoms with Gasteiger partial charge in [0.25, 0.3) is 0 Å². The number of nitrogens with zero attached hydrogens (tertiary/aromatic N) is 3. The van der Waals surface area contributed by atoms with E-state index in [1.807, 2.05) is 22.9 Å². The first-order valence-electron chi connectivity index (χ1n) is 10.3. The van der Waals surface area contributed by atoms with Gasteiger partial charge in [-0.05, 0) is 54.1 Å². The van der Waals surface area contributed by atoms with Crippen LogP contribution in [0, 0.1) is 5.82 Å². The molecular formula is C25H21F2N3O2. The van der Waals surface area contributed by atoms with E-state index >= 15 is 0 Å². The van der Waals surface area contributed by atoms with Crippen LogP contribution < -0.4 is 0 Å². The molecule has 5 nitrogen and oxygen atoms in total. The predicted molar refractivity (Wildman–Crippen MR) is 119 cm³/mol. The maximum absolute atomic E-state index is 14.5.